The third-order valence-corrected chi connectivity index (χ3v) is 3.42. The molecule has 4 nitrogen and oxygen atoms in total. The van der Waals surface area contributed by atoms with Crippen molar-refractivity contribution < 1.29 is 19.1 Å². The molecule has 1 aromatic carbocycles. The van der Waals surface area contributed by atoms with Gasteiger partial charge in [-0.25, -0.2) is 4.39 Å². The number of anilines is 1. The van der Waals surface area contributed by atoms with Crippen molar-refractivity contribution in [3.63, 3.8) is 0 Å². The molecular formula is C13H14FNO3. The third-order valence-electron chi connectivity index (χ3n) is 3.42. The zero-order chi connectivity index (χ0) is 13.5. The van der Waals surface area contributed by atoms with E-state index in [0.717, 1.165) is 0 Å². The summed E-state index contributed by atoms with van der Waals surface area (Å²) in [4.78, 5) is 24.5. The largest absolute Gasteiger partial charge is 0.481 e. The van der Waals surface area contributed by atoms with E-state index in [1.807, 2.05) is 0 Å². The molecule has 1 atom stereocenters. The van der Waals surface area contributed by atoms with E-state index in [0.29, 0.717) is 5.69 Å². The molecule has 1 aromatic rings. The molecule has 1 aliphatic rings. The molecule has 0 aromatic heterocycles. The van der Waals surface area contributed by atoms with Crippen LogP contribution < -0.4 is 4.90 Å². The molecule has 0 bridgehead atoms. The second-order valence-electron chi connectivity index (χ2n) is 4.96. The van der Waals surface area contributed by atoms with Crippen LogP contribution in [0.1, 0.15) is 20.3 Å². The topological polar surface area (TPSA) is 57.6 Å². The summed E-state index contributed by atoms with van der Waals surface area (Å²) >= 11 is 0. The fourth-order valence-corrected chi connectivity index (χ4v) is 2.47. The minimum absolute atomic E-state index is 0.0567. The first-order chi connectivity index (χ1) is 8.34. The quantitative estimate of drug-likeness (QED) is 0.875. The third kappa shape index (κ3) is 1.85. The standard InChI is InChI=1S/C13H14FNO3/c1-13(2)10(12(17)18)7-11(16)15(13)9-5-3-4-8(14)6-9/h3-6,10H,7H2,1-2H3,(H,17,18). The molecule has 1 aliphatic heterocycles. The van der Waals surface area contributed by atoms with Crippen LogP contribution in [0.5, 0.6) is 0 Å². The average Bonchev–Trinajstić information content (AvgIpc) is 2.48. The summed E-state index contributed by atoms with van der Waals surface area (Å²) in [7, 11) is 0. The van der Waals surface area contributed by atoms with Crippen LogP contribution in [0.2, 0.25) is 0 Å². The lowest BCUT2D eigenvalue weighted by Crippen LogP contribution is -2.46. The van der Waals surface area contributed by atoms with Crippen LogP contribution in [0.3, 0.4) is 0 Å². The van der Waals surface area contributed by atoms with Gasteiger partial charge in [0.05, 0.1) is 11.5 Å². The lowest BCUT2D eigenvalue weighted by molar-refractivity contribution is -0.143. The second kappa shape index (κ2) is 4.08. The smallest absolute Gasteiger partial charge is 0.309 e. The molecule has 0 saturated carbocycles. The van der Waals surface area contributed by atoms with Gasteiger partial charge in [-0.05, 0) is 32.0 Å². The number of carboxylic acid groups (broad SMARTS) is 1. The highest BCUT2D eigenvalue weighted by Gasteiger charge is 2.50. The van der Waals surface area contributed by atoms with Crippen LogP contribution in [0.4, 0.5) is 10.1 Å². The zero-order valence-electron chi connectivity index (χ0n) is 10.2. The Labute approximate surface area is 104 Å². The number of amides is 1. The van der Waals surface area contributed by atoms with Crippen LogP contribution in [-0.2, 0) is 9.59 Å². The van der Waals surface area contributed by atoms with Gasteiger partial charge in [-0.3, -0.25) is 9.59 Å². The van der Waals surface area contributed by atoms with Crippen molar-refractivity contribution in [2.75, 3.05) is 4.90 Å². The van der Waals surface area contributed by atoms with Crippen molar-refractivity contribution in [2.24, 2.45) is 5.92 Å². The average molecular weight is 251 g/mol. The summed E-state index contributed by atoms with van der Waals surface area (Å²) in [6, 6.07) is 5.63. The van der Waals surface area contributed by atoms with Gasteiger partial charge in [0, 0.05) is 12.1 Å². The van der Waals surface area contributed by atoms with Crippen molar-refractivity contribution in [2.45, 2.75) is 25.8 Å². The van der Waals surface area contributed by atoms with Crippen molar-refractivity contribution in [3.05, 3.63) is 30.1 Å². The highest BCUT2D eigenvalue weighted by atomic mass is 19.1. The SMILES string of the molecule is CC1(C)C(C(=O)O)CC(=O)N1c1cccc(F)c1. The van der Waals surface area contributed by atoms with E-state index in [1.54, 1.807) is 19.9 Å². The highest BCUT2D eigenvalue weighted by molar-refractivity contribution is 6.01. The highest BCUT2D eigenvalue weighted by Crippen LogP contribution is 2.39. The Kier molecular flexibility index (Phi) is 2.84. The van der Waals surface area contributed by atoms with E-state index >= 15 is 0 Å². The number of aliphatic carboxylic acids is 1. The number of carboxylic acids is 1. The molecule has 18 heavy (non-hydrogen) atoms. The number of carbonyl (C=O) groups excluding carboxylic acids is 1. The summed E-state index contributed by atoms with van der Waals surface area (Å²) in [5.74, 6) is -2.53. The Balaban J connectivity index is 2.45. The number of benzene rings is 1. The molecule has 2 rings (SSSR count). The number of hydrogen-bond acceptors (Lipinski definition) is 2. The van der Waals surface area contributed by atoms with Gasteiger partial charge in [-0.1, -0.05) is 6.07 Å². The fraction of sp³-hybridized carbons (Fsp3) is 0.385. The van der Waals surface area contributed by atoms with Crippen LogP contribution in [-0.4, -0.2) is 22.5 Å². The Hall–Kier alpha value is -1.91. The normalized spacial score (nSPS) is 22.3. The molecule has 1 unspecified atom stereocenters. The van der Waals surface area contributed by atoms with Crippen LogP contribution in [0.25, 0.3) is 0 Å². The molecule has 1 N–H and O–H groups in total. The zero-order valence-corrected chi connectivity index (χ0v) is 10.2. The summed E-state index contributed by atoms with van der Waals surface area (Å²) in [5.41, 5.74) is -0.467. The molecule has 1 saturated heterocycles. The minimum Gasteiger partial charge on any atom is -0.481 e. The predicted molar refractivity (Wildman–Crippen MR) is 63.7 cm³/mol. The molecule has 1 amide bonds. The van der Waals surface area contributed by atoms with E-state index in [9.17, 15) is 14.0 Å². The molecule has 0 spiro atoms. The number of carbonyl (C=O) groups is 2. The maximum atomic E-state index is 13.2. The maximum absolute atomic E-state index is 13.2. The number of hydrogen-bond donors (Lipinski definition) is 1. The van der Waals surface area contributed by atoms with Crippen molar-refractivity contribution in [1.29, 1.82) is 0 Å². The Morgan fingerprint density at radius 2 is 2.17 bits per heavy atom. The fourth-order valence-electron chi connectivity index (χ4n) is 2.47. The van der Waals surface area contributed by atoms with Crippen molar-refractivity contribution >= 4 is 17.6 Å². The predicted octanol–water partition coefficient (Wildman–Crippen LogP) is 2.04. The van der Waals surface area contributed by atoms with Gasteiger partial charge < -0.3 is 10.0 Å². The lowest BCUT2D eigenvalue weighted by Gasteiger charge is -2.34. The van der Waals surface area contributed by atoms with Crippen LogP contribution in [0.15, 0.2) is 24.3 Å². The van der Waals surface area contributed by atoms with Gasteiger partial charge in [-0.15, -0.1) is 0 Å². The van der Waals surface area contributed by atoms with Gasteiger partial charge in [0.1, 0.15) is 5.82 Å². The molecule has 5 heteroatoms. The Morgan fingerprint density at radius 1 is 1.50 bits per heavy atom. The summed E-state index contributed by atoms with van der Waals surface area (Å²) in [6.07, 6.45) is -0.0567. The first-order valence-electron chi connectivity index (χ1n) is 5.65. The van der Waals surface area contributed by atoms with Crippen LogP contribution >= 0.6 is 0 Å². The summed E-state index contributed by atoms with van der Waals surface area (Å²) in [5, 5.41) is 9.13. The Bertz CT molecular complexity index is 513. The first-order valence-corrected chi connectivity index (χ1v) is 5.65. The molecule has 0 aliphatic carbocycles. The summed E-state index contributed by atoms with van der Waals surface area (Å²) in [6.45, 7) is 3.36. The first kappa shape index (κ1) is 12.5. The number of halogens is 1. The Morgan fingerprint density at radius 3 is 2.67 bits per heavy atom. The molecule has 0 radical (unpaired) electrons. The van der Waals surface area contributed by atoms with Crippen LogP contribution in [0, 0.1) is 11.7 Å². The van der Waals surface area contributed by atoms with Gasteiger partial charge >= 0.3 is 5.97 Å². The number of nitrogens with zero attached hydrogens (tertiary/aromatic N) is 1. The van der Waals surface area contributed by atoms with E-state index in [-0.39, 0.29) is 12.3 Å². The van der Waals surface area contributed by atoms with E-state index < -0.39 is 23.2 Å². The van der Waals surface area contributed by atoms with Gasteiger partial charge in [-0.2, -0.15) is 0 Å². The van der Waals surface area contributed by atoms with E-state index in [1.165, 1.54) is 23.1 Å². The molecular weight excluding hydrogens is 237 g/mol. The van der Waals surface area contributed by atoms with Crippen molar-refractivity contribution in [1.82, 2.24) is 0 Å². The van der Waals surface area contributed by atoms with Gasteiger partial charge in [0.2, 0.25) is 5.91 Å². The van der Waals surface area contributed by atoms with E-state index in [4.69, 9.17) is 5.11 Å². The molecule has 96 valence electrons. The van der Waals surface area contributed by atoms with E-state index in [2.05, 4.69) is 0 Å². The molecule has 1 fully saturated rings. The maximum Gasteiger partial charge on any atom is 0.309 e. The van der Waals surface area contributed by atoms with Crippen molar-refractivity contribution in [3.8, 4) is 0 Å². The monoisotopic (exact) mass is 251 g/mol. The van der Waals surface area contributed by atoms with Gasteiger partial charge in [0.25, 0.3) is 0 Å². The van der Waals surface area contributed by atoms with Gasteiger partial charge in [0.15, 0.2) is 0 Å². The lowest BCUT2D eigenvalue weighted by atomic mass is 9.88. The number of rotatable bonds is 2. The molecule has 1 heterocycles. The summed E-state index contributed by atoms with van der Waals surface area (Å²) < 4.78 is 13.2. The second-order valence-corrected chi connectivity index (χ2v) is 4.96. The minimum atomic E-state index is -1.01.